The van der Waals surface area contributed by atoms with E-state index in [-0.39, 0.29) is 18.3 Å². The van der Waals surface area contributed by atoms with E-state index in [1.54, 1.807) is 11.0 Å². The summed E-state index contributed by atoms with van der Waals surface area (Å²) in [5, 5.41) is 0. The van der Waals surface area contributed by atoms with Crippen LogP contribution in [0.5, 0.6) is 5.75 Å². The van der Waals surface area contributed by atoms with Gasteiger partial charge in [0.25, 0.3) is 5.91 Å². The number of amides is 1. The van der Waals surface area contributed by atoms with Crippen molar-refractivity contribution in [2.24, 2.45) is 11.8 Å². The Balaban J connectivity index is 1.36. The normalized spacial score (nSPS) is 27.6. The number of benzene rings is 1. The molecule has 4 nitrogen and oxygen atoms in total. The monoisotopic (exact) mass is 402 g/mol. The first kappa shape index (κ1) is 20.6. The Labute approximate surface area is 174 Å². The van der Waals surface area contributed by atoms with Crippen LogP contribution in [0.15, 0.2) is 18.2 Å². The van der Waals surface area contributed by atoms with Crippen molar-refractivity contribution in [2.45, 2.75) is 77.3 Å². The predicted octanol–water partition coefficient (Wildman–Crippen LogP) is 5.01. The maximum Gasteiger partial charge on any atom is 0.265 e. The minimum atomic E-state index is -0.331. The van der Waals surface area contributed by atoms with Crippen molar-refractivity contribution in [1.29, 1.82) is 0 Å². The topological polar surface area (TPSA) is 32.8 Å². The number of piperidine rings is 1. The molecule has 5 heteroatoms. The van der Waals surface area contributed by atoms with E-state index in [9.17, 15) is 9.18 Å². The fourth-order valence-corrected chi connectivity index (χ4v) is 5.71. The Kier molecular flexibility index (Phi) is 6.43. The molecule has 0 radical (unpaired) electrons. The van der Waals surface area contributed by atoms with Gasteiger partial charge in [-0.15, -0.1) is 0 Å². The van der Waals surface area contributed by atoms with Gasteiger partial charge in [-0.3, -0.25) is 9.69 Å². The van der Waals surface area contributed by atoms with E-state index in [0.717, 1.165) is 12.5 Å². The highest BCUT2D eigenvalue weighted by molar-refractivity contribution is 5.97. The van der Waals surface area contributed by atoms with Gasteiger partial charge in [0.2, 0.25) is 0 Å². The molecular weight excluding hydrogens is 367 g/mol. The van der Waals surface area contributed by atoms with Crippen LogP contribution in [0.3, 0.4) is 0 Å². The van der Waals surface area contributed by atoms with Crippen LogP contribution >= 0.6 is 0 Å². The van der Waals surface area contributed by atoms with Gasteiger partial charge in [0.1, 0.15) is 11.6 Å². The van der Waals surface area contributed by atoms with E-state index < -0.39 is 0 Å². The molecule has 0 aliphatic carbocycles. The molecule has 3 atom stereocenters. The van der Waals surface area contributed by atoms with Gasteiger partial charge < -0.3 is 9.64 Å². The number of hydrogen-bond acceptors (Lipinski definition) is 3. The lowest BCUT2D eigenvalue weighted by Crippen LogP contribution is -2.48. The van der Waals surface area contributed by atoms with E-state index in [0.29, 0.717) is 36.0 Å². The first-order valence-electron chi connectivity index (χ1n) is 11.5. The molecule has 3 heterocycles. The molecule has 0 aromatic heterocycles. The third-order valence-electron chi connectivity index (χ3n) is 7.08. The fraction of sp³-hybridized carbons (Fsp3) is 0.708. The average molecular weight is 403 g/mol. The van der Waals surface area contributed by atoms with Crippen LogP contribution in [0.2, 0.25) is 0 Å². The lowest BCUT2D eigenvalue weighted by Gasteiger charge is -2.41. The van der Waals surface area contributed by atoms with Gasteiger partial charge in [0.15, 0.2) is 6.61 Å². The van der Waals surface area contributed by atoms with E-state index in [2.05, 4.69) is 18.7 Å². The van der Waals surface area contributed by atoms with Gasteiger partial charge in [0.05, 0.1) is 5.69 Å². The average Bonchev–Trinajstić information content (AvgIpc) is 2.92. The molecule has 3 aliphatic heterocycles. The Morgan fingerprint density at radius 3 is 2.66 bits per heavy atom. The Morgan fingerprint density at radius 1 is 1.17 bits per heavy atom. The molecule has 2 bridgehead atoms. The highest BCUT2D eigenvalue weighted by Gasteiger charge is 2.41. The summed E-state index contributed by atoms with van der Waals surface area (Å²) in [6.45, 7) is 6.18. The molecule has 0 spiro atoms. The molecular formula is C24H35FN2O2. The Hall–Kier alpha value is -1.62. The smallest absolute Gasteiger partial charge is 0.265 e. The van der Waals surface area contributed by atoms with E-state index >= 15 is 0 Å². The minimum Gasteiger partial charge on any atom is -0.482 e. The number of nitrogens with zero attached hydrogens (tertiary/aromatic N) is 2. The fourth-order valence-electron chi connectivity index (χ4n) is 5.71. The van der Waals surface area contributed by atoms with Crippen molar-refractivity contribution in [2.75, 3.05) is 24.6 Å². The zero-order valence-corrected chi connectivity index (χ0v) is 17.9. The predicted molar refractivity (Wildman–Crippen MR) is 114 cm³/mol. The zero-order valence-electron chi connectivity index (χ0n) is 17.9. The molecule has 2 fully saturated rings. The standard InChI is InChI=1S/C24H35FN2O2/c1-3-4-5-6-18-11-20-8-9-21(12-18)26(20)14-17(2)15-27-22-13-19(25)7-10-23(22)29-16-24(27)28/h7,10,13,17-18,20-21H,3-6,8-9,11-12,14-16H2,1-2H3/t17-,18?,20?,21?/m1/s1. The second-order valence-electron chi connectivity index (χ2n) is 9.43. The van der Waals surface area contributed by atoms with Crippen LogP contribution < -0.4 is 9.64 Å². The number of anilines is 1. The summed E-state index contributed by atoms with van der Waals surface area (Å²) >= 11 is 0. The molecule has 0 N–H and O–H groups in total. The summed E-state index contributed by atoms with van der Waals surface area (Å²) in [5.74, 6) is 1.44. The summed E-state index contributed by atoms with van der Waals surface area (Å²) in [5.41, 5.74) is 0.575. The highest BCUT2D eigenvalue weighted by Crippen LogP contribution is 2.41. The first-order valence-corrected chi connectivity index (χ1v) is 11.5. The molecule has 3 aliphatic rings. The Morgan fingerprint density at radius 2 is 1.93 bits per heavy atom. The summed E-state index contributed by atoms with van der Waals surface area (Å²) in [6.07, 6.45) is 10.8. The molecule has 1 aromatic rings. The third-order valence-corrected chi connectivity index (χ3v) is 7.08. The van der Waals surface area contributed by atoms with Crippen molar-refractivity contribution in [3.63, 3.8) is 0 Å². The number of fused-ring (bicyclic) bond motifs is 3. The lowest BCUT2D eigenvalue weighted by atomic mass is 9.86. The van der Waals surface area contributed by atoms with Gasteiger partial charge in [-0.05, 0) is 49.7 Å². The molecule has 29 heavy (non-hydrogen) atoms. The molecule has 0 saturated carbocycles. The van der Waals surface area contributed by atoms with Crippen molar-refractivity contribution < 1.29 is 13.9 Å². The number of hydrogen-bond donors (Lipinski definition) is 0. The number of halogens is 1. The third kappa shape index (κ3) is 4.60. The van der Waals surface area contributed by atoms with Crippen LogP contribution in [0.4, 0.5) is 10.1 Å². The SMILES string of the molecule is CCCCCC1CC2CCC(C1)N2C[C@@H](C)CN1C(=O)COc2ccc(F)cc21. The van der Waals surface area contributed by atoms with Crippen LogP contribution in [-0.4, -0.2) is 42.6 Å². The van der Waals surface area contributed by atoms with E-state index in [1.807, 2.05) is 0 Å². The minimum absolute atomic E-state index is 0.0414. The van der Waals surface area contributed by atoms with Crippen molar-refractivity contribution in [3.8, 4) is 5.75 Å². The molecule has 160 valence electrons. The summed E-state index contributed by atoms with van der Waals surface area (Å²) < 4.78 is 19.2. The summed E-state index contributed by atoms with van der Waals surface area (Å²) in [7, 11) is 0. The van der Waals surface area contributed by atoms with Gasteiger partial charge >= 0.3 is 0 Å². The maximum atomic E-state index is 13.8. The molecule has 4 rings (SSSR count). The zero-order chi connectivity index (χ0) is 20.4. The number of unbranched alkanes of at least 4 members (excludes halogenated alkanes) is 2. The number of carbonyl (C=O) groups excluding carboxylic acids is 1. The molecule has 1 aromatic carbocycles. The van der Waals surface area contributed by atoms with E-state index in [1.165, 1.54) is 63.5 Å². The van der Waals surface area contributed by atoms with Crippen LogP contribution in [0.1, 0.15) is 65.2 Å². The highest BCUT2D eigenvalue weighted by atomic mass is 19.1. The van der Waals surface area contributed by atoms with Gasteiger partial charge in [-0.2, -0.15) is 0 Å². The first-order chi connectivity index (χ1) is 14.0. The lowest BCUT2D eigenvalue weighted by molar-refractivity contribution is -0.121. The Bertz CT molecular complexity index is 711. The van der Waals surface area contributed by atoms with Gasteiger partial charge in [-0.25, -0.2) is 4.39 Å². The van der Waals surface area contributed by atoms with Crippen LogP contribution in [-0.2, 0) is 4.79 Å². The molecule has 2 unspecified atom stereocenters. The summed E-state index contributed by atoms with van der Waals surface area (Å²) in [4.78, 5) is 16.9. The van der Waals surface area contributed by atoms with Crippen molar-refractivity contribution in [3.05, 3.63) is 24.0 Å². The van der Waals surface area contributed by atoms with Crippen molar-refractivity contribution in [1.82, 2.24) is 4.90 Å². The van der Waals surface area contributed by atoms with Gasteiger partial charge in [-0.1, -0.05) is 39.5 Å². The summed E-state index contributed by atoms with van der Waals surface area (Å²) in [6, 6.07) is 5.86. The van der Waals surface area contributed by atoms with Crippen molar-refractivity contribution >= 4 is 11.6 Å². The van der Waals surface area contributed by atoms with Crippen LogP contribution in [0.25, 0.3) is 0 Å². The number of rotatable bonds is 8. The molecule has 1 amide bonds. The number of carbonyl (C=O) groups is 1. The quantitative estimate of drug-likeness (QED) is 0.573. The number of ether oxygens (including phenoxy) is 1. The van der Waals surface area contributed by atoms with E-state index in [4.69, 9.17) is 4.74 Å². The second kappa shape index (κ2) is 9.03. The molecule has 2 saturated heterocycles. The second-order valence-corrected chi connectivity index (χ2v) is 9.43. The maximum absolute atomic E-state index is 13.8. The van der Waals surface area contributed by atoms with Crippen LogP contribution in [0, 0.1) is 17.7 Å². The largest absolute Gasteiger partial charge is 0.482 e. The van der Waals surface area contributed by atoms with Gasteiger partial charge in [0, 0.05) is 31.2 Å².